The van der Waals surface area contributed by atoms with Crippen LogP contribution < -0.4 is 10.1 Å². The van der Waals surface area contributed by atoms with Gasteiger partial charge in [0.05, 0.1) is 16.6 Å². The number of aromatic nitrogens is 1. The lowest BCUT2D eigenvalue weighted by atomic mass is 10.1. The highest BCUT2D eigenvalue weighted by molar-refractivity contribution is 9.10. The summed E-state index contributed by atoms with van der Waals surface area (Å²) in [5.74, 6) is 0.815. The number of ether oxygens (including phenoxy) is 1. The van der Waals surface area contributed by atoms with Crippen molar-refractivity contribution in [3.63, 3.8) is 0 Å². The largest absolute Gasteiger partial charge is 0.496 e. The second-order valence-corrected chi connectivity index (χ2v) is 6.11. The Labute approximate surface area is 130 Å². The van der Waals surface area contributed by atoms with Gasteiger partial charge < -0.3 is 10.1 Å². The molecular weight excluding hydrogens is 340 g/mol. The van der Waals surface area contributed by atoms with Crippen molar-refractivity contribution in [1.29, 1.82) is 0 Å². The number of rotatable bonds is 5. The van der Waals surface area contributed by atoms with E-state index in [1.807, 2.05) is 12.3 Å². The second-order valence-electron chi connectivity index (χ2n) is 4.33. The van der Waals surface area contributed by atoms with E-state index >= 15 is 0 Å². The van der Waals surface area contributed by atoms with Crippen LogP contribution in [0.25, 0.3) is 0 Å². The third kappa shape index (κ3) is 3.58. The standard InChI is InChI=1S/C14H15BrN2O2S/c1-9(14-16-5-6-20-14)8-17-13(18)10-3-4-12(19-2)11(15)7-10/h3-7,9H,8H2,1-2H3,(H,17,18). The molecule has 1 heterocycles. The number of nitrogens with one attached hydrogen (secondary N) is 1. The maximum atomic E-state index is 12.1. The zero-order chi connectivity index (χ0) is 14.5. The molecule has 2 aromatic rings. The fourth-order valence-electron chi connectivity index (χ4n) is 1.72. The predicted octanol–water partition coefficient (Wildman–Crippen LogP) is 3.45. The normalized spacial score (nSPS) is 11.9. The van der Waals surface area contributed by atoms with Crippen molar-refractivity contribution in [3.05, 3.63) is 44.8 Å². The van der Waals surface area contributed by atoms with Gasteiger partial charge in [-0.05, 0) is 34.1 Å². The third-order valence-electron chi connectivity index (χ3n) is 2.86. The molecule has 106 valence electrons. The summed E-state index contributed by atoms with van der Waals surface area (Å²) in [4.78, 5) is 16.3. The minimum Gasteiger partial charge on any atom is -0.496 e. The van der Waals surface area contributed by atoms with Crippen LogP contribution in [0.2, 0.25) is 0 Å². The van der Waals surface area contributed by atoms with Gasteiger partial charge in [0.1, 0.15) is 5.75 Å². The SMILES string of the molecule is COc1ccc(C(=O)NCC(C)c2nccs2)cc1Br. The molecule has 6 heteroatoms. The van der Waals surface area contributed by atoms with Crippen molar-refractivity contribution in [2.24, 2.45) is 0 Å². The van der Waals surface area contributed by atoms with Gasteiger partial charge in [-0.1, -0.05) is 6.92 Å². The van der Waals surface area contributed by atoms with Gasteiger partial charge in [0, 0.05) is 29.6 Å². The van der Waals surface area contributed by atoms with Gasteiger partial charge in [-0.2, -0.15) is 0 Å². The molecule has 0 saturated heterocycles. The molecule has 0 aliphatic rings. The van der Waals surface area contributed by atoms with Crippen molar-refractivity contribution in [1.82, 2.24) is 10.3 Å². The van der Waals surface area contributed by atoms with E-state index < -0.39 is 0 Å². The van der Waals surface area contributed by atoms with E-state index in [4.69, 9.17) is 4.74 Å². The molecule has 0 radical (unpaired) electrons. The van der Waals surface area contributed by atoms with E-state index in [1.165, 1.54) is 0 Å². The van der Waals surface area contributed by atoms with Crippen LogP contribution in [0.5, 0.6) is 5.75 Å². The van der Waals surface area contributed by atoms with E-state index in [1.54, 1.807) is 42.8 Å². The fraction of sp³-hybridized carbons (Fsp3) is 0.286. The average Bonchev–Trinajstić information content (AvgIpc) is 2.98. The molecule has 0 aliphatic carbocycles. The molecule has 1 aromatic heterocycles. The summed E-state index contributed by atoms with van der Waals surface area (Å²) in [7, 11) is 1.59. The Bertz CT molecular complexity index is 587. The minimum absolute atomic E-state index is 0.100. The monoisotopic (exact) mass is 354 g/mol. The first-order valence-electron chi connectivity index (χ1n) is 6.13. The number of benzene rings is 1. The highest BCUT2D eigenvalue weighted by Crippen LogP contribution is 2.25. The second kappa shape index (κ2) is 6.85. The summed E-state index contributed by atoms with van der Waals surface area (Å²) < 4.78 is 5.91. The number of halogens is 1. The number of carbonyl (C=O) groups excluding carboxylic acids is 1. The number of carbonyl (C=O) groups is 1. The van der Waals surface area contributed by atoms with Crippen molar-refractivity contribution in [3.8, 4) is 5.75 Å². The van der Waals surface area contributed by atoms with Crippen LogP contribution in [0, 0.1) is 0 Å². The number of hydrogen-bond acceptors (Lipinski definition) is 4. The van der Waals surface area contributed by atoms with Gasteiger partial charge in [0.25, 0.3) is 5.91 Å². The Balaban J connectivity index is 1.96. The lowest BCUT2D eigenvalue weighted by molar-refractivity contribution is 0.0951. The Hall–Kier alpha value is -1.40. The number of hydrogen-bond donors (Lipinski definition) is 1. The lowest BCUT2D eigenvalue weighted by Gasteiger charge is -2.11. The third-order valence-corrected chi connectivity index (χ3v) is 4.48. The minimum atomic E-state index is -0.100. The summed E-state index contributed by atoms with van der Waals surface area (Å²) >= 11 is 4.97. The van der Waals surface area contributed by atoms with Gasteiger partial charge in [-0.3, -0.25) is 4.79 Å². The van der Waals surface area contributed by atoms with Crippen molar-refractivity contribution >= 4 is 33.2 Å². The van der Waals surface area contributed by atoms with E-state index in [0.717, 1.165) is 9.48 Å². The van der Waals surface area contributed by atoms with Crippen LogP contribution in [-0.2, 0) is 0 Å². The van der Waals surface area contributed by atoms with Crippen LogP contribution >= 0.6 is 27.3 Å². The summed E-state index contributed by atoms with van der Waals surface area (Å²) in [6.45, 7) is 2.61. The maximum Gasteiger partial charge on any atom is 0.251 e. The van der Waals surface area contributed by atoms with E-state index in [2.05, 4.69) is 26.2 Å². The Kier molecular flexibility index (Phi) is 5.14. The Morgan fingerprint density at radius 3 is 2.95 bits per heavy atom. The average molecular weight is 355 g/mol. The van der Waals surface area contributed by atoms with Gasteiger partial charge in [0.15, 0.2) is 0 Å². The van der Waals surface area contributed by atoms with E-state index in [-0.39, 0.29) is 11.8 Å². The fourth-order valence-corrected chi connectivity index (χ4v) is 2.96. The molecule has 1 amide bonds. The first-order chi connectivity index (χ1) is 9.61. The summed E-state index contributed by atoms with van der Waals surface area (Å²) in [5.41, 5.74) is 0.601. The van der Waals surface area contributed by atoms with Crippen LogP contribution in [0.15, 0.2) is 34.2 Å². The molecule has 0 bridgehead atoms. The zero-order valence-corrected chi connectivity index (χ0v) is 13.6. The van der Waals surface area contributed by atoms with Gasteiger partial charge in [0.2, 0.25) is 0 Å². The predicted molar refractivity (Wildman–Crippen MR) is 83.6 cm³/mol. The lowest BCUT2D eigenvalue weighted by Crippen LogP contribution is -2.27. The number of methoxy groups -OCH3 is 1. The highest BCUT2D eigenvalue weighted by atomic mass is 79.9. The van der Waals surface area contributed by atoms with Crippen LogP contribution in [0.1, 0.15) is 28.2 Å². The van der Waals surface area contributed by atoms with Crippen LogP contribution in [0.4, 0.5) is 0 Å². The molecule has 1 atom stereocenters. The van der Waals surface area contributed by atoms with Gasteiger partial charge in [-0.15, -0.1) is 11.3 Å². The van der Waals surface area contributed by atoms with Crippen molar-refractivity contribution < 1.29 is 9.53 Å². The molecular formula is C14H15BrN2O2S. The Morgan fingerprint density at radius 1 is 1.55 bits per heavy atom. The summed E-state index contributed by atoms with van der Waals surface area (Å²) in [6, 6.07) is 5.26. The Morgan fingerprint density at radius 2 is 2.35 bits per heavy atom. The molecule has 20 heavy (non-hydrogen) atoms. The van der Waals surface area contributed by atoms with Gasteiger partial charge in [-0.25, -0.2) is 4.98 Å². The molecule has 0 fully saturated rings. The molecule has 1 N–H and O–H groups in total. The zero-order valence-electron chi connectivity index (χ0n) is 11.2. The summed E-state index contributed by atoms with van der Waals surface area (Å²) in [6.07, 6.45) is 1.78. The quantitative estimate of drug-likeness (QED) is 0.894. The summed E-state index contributed by atoms with van der Waals surface area (Å²) in [5, 5.41) is 5.89. The number of thiazole rings is 1. The van der Waals surface area contributed by atoms with Crippen LogP contribution in [-0.4, -0.2) is 24.5 Å². The first kappa shape index (κ1) is 15.0. The topological polar surface area (TPSA) is 51.2 Å². The van der Waals surface area contributed by atoms with Gasteiger partial charge >= 0.3 is 0 Å². The smallest absolute Gasteiger partial charge is 0.251 e. The maximum absolute atomic E-state index is 12.1. The highest BCUT2D eigenvalue weighted by Gasteiger charge is 2.12. The molecule has 4 nitrogen and oxygen atoms in total. The van der Waals surface area contributed by atoms with E-state index in [9.17, 15) is 4.79 Å². The molecule has 0 aliphatic heterocycles. The van der Waals surface area contributed by atoms with Crippen LogP contribution in [0.3, 0.4) is 0 Å². The molecule has 2 rings (SSSR count). The molecule has 1 unspecified atom stereocenters. The van der Waals surface area contributed by atoms with Crippen molar-refractivity contribution in [2.45, 2.75) is 12.8 Å². The number of nitrogens with zero attached hydrogens (tertiary/aromatic N) is 1. The molecule has 0 saturated carbocycles. The van der Waals surface area contributed by atoms with E-state index in [0.29, 0.717) is 17.9 Å². The van der Waals surface area contributed by atoms with Crippen molar-refractivity contribution in [2.75, 3.05) is 13.7 Å². The first-order valence-corrected chi connectivity index (χ1v) is 7.80. The molecule has 0 spiro atoms. The number of amides is 1. The molecule has 1 aromatic carbocycles.